The van der Waals surface area contributed by atoms with E-state index < -0.39 is 0 Å². The van der Waals surface area contributed by atoms with Gasteiger partial charge in [-0.1, -0.05) is 37.0 Å². The molecule has 2 atom stereocenters. The van der Waals surface area contributed by atoms with Gasteiger partial charge in [0.2, 0.25) is 0 Å². The summed E-state index contributed by atoms with van der Waals surface area (Å²) in [4.78, 5) is 7.51. The number of nitrogens with zero attached hydrogens (tertiary/aromatic N) is 1. The number of H-pyrrole nitrogens is 1. The van der Waals surface area contributed by atoms with Gasteiger partial charge in [-0.2, -0.15) is 0 Å². The van der Waals surface area contributed by atoms with Gasteiger partial charge in [0.1, 0.15) is 0 Å². The minimum absolute atomic E-state index is 0.0979. The summed E-state index contributed by atoms with van der Waals surface area (Å²) in [7, 11) is 0. The van der Waals surface area contributed by atoms with E-state index in [9.17, 15) is 0 Å². The van der Waals surface area contributed by atoms with Crippen LogP contribution in [-0.2, 0) is 0 Å². The van der Waals surface area contributed by atoms with Crippen molar-refractivity contribution in [1.29, 1.82) is 0 Å². The van der Waals surface area contributed by atoms with Crippen molar-refractivity contribution in [2.75, 3.05) is 5.73 Å². The van der Waals surface area contributed by atoms with Crippen LogP contribution in [0.15, 0.2) is 18.2 Å². The van der Waals surface area contributed by atoms with Crippen molar-refractivity contribution in [1.82, 2.24) is 9.97 Å². The van der Waals surface area contributed by atoms with Gasteiger partial charge in [0, 0.05) is 27.6 Å². The van der Waals surface area contributed by atoms with Crippen LogP contribution in [0.4, 0.5) is 5.95 Å². The van der Waals surface area contributed by atoms with Crippen molar-refractivity contribution in [3.05, 3.63) is 45.2 Å². The second-order valence-corrected chi connectivity index (χ2v) is 6.92. The van der Waals surface area contributed by atoms with E-state index in [-0.39, 0.29) is 5.41 Å². The molecule has 2 unspecified atom stereocenters. The first-order chi connectivity index (χ1) is 9.32. The number of nitrogens with one attached hydrogen (secondary N) is 1. The van der Waals surface area contributed by atoms with Gasteiger partial charge in [-0.3, -0.25) is 0 Å². The molecule has 1 aliphatic carbocycles. The standard InChI is InChI=1S/C15H17Cl2N3/c1-7-13(20-14(18)19-7)12-11(15(12,2)3)9-6-8(16)4-5-10(9)17/h4-6,11-12H,1-3H3,(H3,18,19,20). The normalized spacial score (nSPS) is 23.9. The number of rotatable bonds is 2. The molecule has 1 aromatic carbocycles. The molecule has 0 radical (unpaired) electrons. The highest BCUT2D eigenvalue weighted by Gasteiger charge is 2.61. The Morgan fingerprint density at radius 1 is 1.25 bits per heavy atom. The third-order valence-electron chi connectivity index (χ3n) is 4.36. The quantitative estimate of drug-likeness (QED) is 0.857. The van der Waals surface area contributed by atoms with Gasteiger partial charge in [-0.15, -0.1) is 0 Å². The van der Waals surface area contributed by atoms with Gasteiger partial charge in [0.25, 0.3) is 0 Å². The van der Waals surface area contributed by atoms with E-state index in [0.29, 0.717) is 22.8 Å². The van der Waals surface area contributed by atoms with E-state index in [4.69, 9.17) is 28.9 Å². The van der Waals surface area contributed by atoms with Crippen LogP contribution < -0.4 is 5.73 Å². The molecular formula is C15H17Cl2N3. The van der Waals surface area contributed by atoms with Gasteiger partial charge in [-0.05, 0) is 36.1 Å². The summed E-state index contributed by atoms with van der Waals surface area (Å²) in [5.41, 5.74) is 9.01. The van der Waals surface area contributed by atoms with E-state index in [0.717, 1.165) is 22.0 Å². The first-order valence-electron chi connectivity index (χ1n) is 6.59. The van der Waals surface area contributed by atoms with Crippen LogP contribution >= 0.6 is 23.2 Å². The first-order valence-corrected chi connectivity index (χ1v) is 7.35. The fraction of sp³-hybridized carbons (Fsp3) is 0.400. The lowest BCUT2D eigenvalue weighted by molar-refractivity contribution is 0.598. The molecule has 1 aliphatic rings. The van der Waals surface area contributed by atoms with E-state index in [1.165, 1.54) is 0 Å². The second-order valence-electron chi connectivity index (χ2n) is 6.07. The van der Waals surface area contributed by atoms with Crippen molar-refractivity contribution < 1.29 is 0 Å². The maximum absolute atomic E-state index is 6.34. The number of aryl methyl sites for hydroxylation is 1. The lowest BCUT2D eigenvalue weighted by Gasteiger charge is -2.06. The fourth-order valence-corrected chi connectivity index (χ4v) is 3.70. The number of halogens is 2. The summed E-state index contributed by atoms with van der Waals surface area (Å²) >= 11 is 12.5. The summed E-state index contributed by atoms with van der Waals surface area (Å²) in [5.74, 6) is 1.10. The molecule has 106 valence electrons. The Hall–Kier alpha value is -1.19. The third-order valence-corrected chi connectivity index (χ3v) is 4.94. The summed E-state index contributed by atoms with van der Waals surface area (Å²) < 4.78 is 0. The highest BCUT2D eigenvalue weighted by atomic mass is 35.5. The molecule has 1 saturated carbocycles. The van der Waals surface area contributed by atoms with Crippen LogP contribution in [0.2, 0.25) is 10.0 Å². The summed E-state index contributed by atoms with van der Waals surface area (Å²) in [6.45, 7) is 6.46. The molecule has 1 fully saturated rings. The highest BCUT2D eigenvalue weighted by Crippen LogP contribution is 2.70. The van der Waals surface area contributed by atoms with Crippen molar-refractivity contribution in [2.24, 2.45) is 5.41 Å². The fourth-order valence-electron chi connectivity index (χ4n) is 3.28. The van der Waals surface area contributed by atoms with E-state index in [1.54, 1.807) is 0 Å². The summed E-state index contributed by atoms with van der Waals surface area (Å²) in [6.07, 6.45) is 0. The Balaban J connectivity index is 2.04. The average molecular weight is 310 g/mol. The number of aromatic amines is 1. The zero-order valence-corrected chi connectivity index (χ0v) is 13.2. The zero-order valence-electron chi connectivity index (χ0n) is 11.7. The maximum atomic E-state index is 6.34. The average Bonchev–Trinajstić information content (AvgIpc) is 2.74. The number of nitrogens with two attached hydrogens (primary N) is 1. The summed E-state index contributed by atoms with van der Waals surface area (Å²) in [6, 6.07) is 5.63. The molecule has 0 aliphatic heterocycles. The Labute approximate surface area is 128 Å². The molecule has 3 N–H and O–H groups in total. The lowest BCUT2D eigenvalue weighted by Crippen LogP contribution is -1.92. The molecule has 1 aromatic heterocycles. The molecule has 0 amide bonds. The van der Waals surface area contributed by atoms with Gasteiger partial charge >= 0.3 is 0 Å². The van der Waals surface area contributed by atoms with Crippen LogP contribution in [-0.4, -0.2) is 9.97 Å². The monoisotopic (exact) mass is 309 g/mol. The maximum Gasteiger partial charge on any atom is 0.197 e. The number of hydrogen-bond acceptors (Lipinski definition) is 2. The van der Waals surface area contributed by atoms with Gasteiger partial charge < -0.3 is 10.7 Å². The molecule has 2 aromatic rings. The number of imidazole rings is 1. The van der Waals surface area contributed by atoms with Crippen molar-refractivity contribution in [3.63, 3.8) is 0 Å². The Morgan fingerprint density at radius 2 is 1.95 bits per heavy atom. The number of anilines is 1. The minimum Gasteiger partial charge on any atom is -0.369 e. The van der Waals surface area contributed by atoms with Crippen molar-refractivity contribution in [3.8, 4) is 0 Å². The van der Waals surface area contributed by atoms with E-state index >= 15 is 0 Å². The third kappa shape index (κ3) is 2.00. The number of nitrogen functional groups attached to an aromatic ring is 1. The van der Waals surface area contributed by atoms with Crippen molar-refractivity contribution >= 4 is 29.2 Å². The predicted molar refractivity (Wildman–Crippen MR) is 83.5 cm³/mol. The van der Waals surface area contributed by atoms with Crippen LogP contribution in [0, 0.1) is 12.3 Å². The molecule has 20 heavy (non-hydrogen) atoms. The second kappa shape index (κ2) is 4.40. The molecular weight excluding hydrogens is 293 g/mol. The molecule has 3 rings (SSSR count). The molecule has 0 saturated heterocycles. The predicted octanol–water partition coefficient (Wildman–Crippen LogP) is 4.51. The number of benzene rings is 1. The number of hydrogen-bond donors (Lipinski definition) is 2. The number of aromatic nitrogens is 2. The van der Waals surface area contributed by atoms with Gasteiger partial charge in [0.05, 0.1) is 5.69 Å². The van der Waals surface area contributed by atoms with E-state index in [1.807, 2.05) is 25.1 Å². The van der Waals surface area contributed by atoms with Crippen LogP contribution in [0.5, 0.6) is 0 Å². The smallest absolute Gasteiger partial charge is 0.197 e. The van der Waals surface area contributed by atoms with E-state index in [2.05, 4.69) is 23.8 Å². The lowest BCUT2D eigenvalue weighted by atomic mass is 10.0. The van der Waals surface area contributed by atoms with Crippen molar-refractivity contribution in [2.45, 2.75) is 32.6 Å². The molecule has 3 nitrogen and oxygen atoms in total. The Bertz CT molecular complexity index is 676. The molecule has 0 bridgehead atoms. The van der Waals surface area contributed by atoms with Crippen LogP contribution in [0.1, 0.15) is 42.6 Å². The van der Waals surface area contributed by atoms with Crippen LogP contribution in [0.3, 0.4) is 0 Å². The molecule has 5 heteroatoms. The molecule has 1 heterocycles. The topological polar surface area (TPSA) is 54.7 Å². The van der Waals surface area contributed by atoms with Gasteiger partial charge in [0.15, 0.2) is 5.95 Å². The Kier molecular flexibility index (Phi) is 3.03. The minimum atomic E-state index is 0.0979. The highest BCUT2D eigenvalue weighted by molar-refractivity contribution is 6.33. The van der Waals surface area contributed by atoms with Crippen LogP contribution in [0.25, 0.3) is 0 Å². The molecule has 0 spiro atoms. The zero-order chi connectivity index (χ0) is 14.7. The summed E-state index contributed by atoms with van der Waals surface area (Å²) in [5, 5.41) is 1.47. The SMILES string of the molecule is Cc1[nH]c(N)nc1C1C(c2cc(Cl)ccc2Cl)C1(C)C. The first kappa shape index (κ1) is 13.8. The van der Waals surface area contributed by atoms with Gasteiger partial charge in [-0.25, -0.2) is 4.98 Å². The largest absolute Gasteiger partial charge is 0.369 e. The Morgan fingerprint density at radius 3 is 2.55 bits per heavy atom.